The van der Waals surface area contributed by atoms with Gasteiger partial charge in [-0.25, -0.2) is 0 Å². The Labute approximate surface area is 171 Å². The Morgan fingerprint density at radius 3 is 2.75 bits per heavy atom. The summed E-state index contributed by atoms with van der Waals surface area (Å²) in [4.78, 5) is 0. The van der Waals surface area contributed by atoms with Crippen LogP contribution in [0.2, 0.25) is 0 Å². The minimum Gasteiger partial charge on any atom is -0.507 e. The first kappa shape index (κ1) is 17.6. The summed E-state index contributed by atoms with van der Waals surface area (Å²) < 4.78 is 2.97. The number of phenols is 1. The first-order valence-corrected chi connectivity index (χ1v) is 11.2. The molecule has 4 heteroatoms. The molecule has 2 saturated carbocycles. The van der Waals surface area contributed by atoms with Crippen LogP contribution in [-0.2, 0) is 6.42 Å². The maximum Gasteiger partial charge on any atom is 0.129 e. The zero-order valence-corrected chi connectivity index (χ0v) is 18.2. The van der Waals surface area contributed by atoms with Crippen LogP contribution in [0.5, 0.6) is 5.75 Å². The van der Waals surface area contributed by atoms with Gasteiger partial charge in [0.05, 0.1) is 9.17 Å². The Hall–Kier alpha value is 0.180. The van der Waals surface area contributed by atoms with Crippen LogP contribution in [-0.4, -0.2) is 15.8 Å². The second kappa shape index (κ2) is 6.12. The average molecular weight is 550 g/mol. The second-order valence-corrected chi connectivity index (χ2v) is 10.0. The molecule has 0 aromatic heterocycles. The van der Waals surface area contributed by atoms with Crippen LogP contribution < -0.4 is 0 Å². The average Bonchev–Trinajstić information content (AvgIpc) is 2.81. The summed E-state index contributed by atoms with van der Waals surface area (Å²) in [5.74, 6) is 2.31. The quantitative estimate of drug-likeness (QED) is 0.452. The number of aryl methyl sites for hydroxylation is 1. The molecule has 0 spiro atoms. The summed E-state index contributed by atoms with van der Waals surface area (Å²) in [6.07, 6.45) is 8.59. The maximum absolute atomic E-state index is 11.3. The highest BCUT2D eigenvalue weighted by molar-refractivity contribution is 14.1. The van der Waals surface area contributed by atoms with Crippen molar-refractivity contribution in [2.45, 2.75) is 57.0 Å². The molecule has 0 unspecified atom stereocenters. The van der Waals surface area contributed by atoms with E-state index in [0.29, 0.717) is 23.5 Å². The molecule has 1 aromatic carbocycles. The minimum absolute atomic E-state index is 0.0113. The van der Waals surface area contributed by atoms with Crippen LogP contribution in [0.1, 0.15) is 56.1 Å². The molecule has 1 aromatic rings. The van der Waals surface area contributed by atoms with E-state index in [1.807, 2.05) is 16.2 Å². The van der Waals surface area contributed by atoms with E-state index in [4.69, 9.17) is 0 Å². The van der Waals surface area contributed by atoms with Gasteiger partial charge in [-0.15, -0.1) is 0 Å². The minimum atomic E-state index is -0.631. The Morgan fingerprint density at radius 2 is 2.00 bits per heavy atom. The highest BCUT2D eigenvalue weighted by Crippen LogP contribution is 2.64. The molecule has 0 saturated heterocycles. The zero-order chi connectivity index (χ0) is 17.1. The third-order valence-electron chi connectivity index (χ3n) is 7.35. The van der Waals surface area contributed by atoms with Crippen LogP contribution >= 0.6 is 45.2 Å². The van der Waals surface area contributed by atoms with Crippen molar-refractivity contribution in [2.75, 3.05) is 0 Å². The smallest absolute Gasteiger partial charge is 0.129 e. The van der Waals surface area contributed by atoms with E-state index in [2.05, 4.69) is 58.2 Å². The molecule has 5 atom stereocenters. The summed E-state index contributed by atoms with van der Waals surface area (Å²) in [5.41, 5.74) is 2.19. The van der Waals surface area contributed by atoms with Crippen LogP contribution in [0.4, 0.5) is 0 Å². The molecule has 4 rings (SSSR count). The van der Waals surface area contributed by atoms with E-state index in [0.717, 1.165) is 35.7 Å². The molecule has 0 radical (unpaired) electrons. The fourth-order valence-electron chi connectivity index (χ4n) is 6.01. The largest absolute Gasteiger partial charge is 0.507 e. The number of aliphatic hydroxyl groups is 1. The van der Waals surface area contributed by atoms with Gasteiger partial charge in [-0.05, 0) is 112 Å². The fourth-order valence-corrected chi connectivity index (χ4v) is 7.10. The number of rotatable bonds is 1. The van der Waals surface area contributed by atoms with Crippen LogP contribution in [0.15, 0.2) is 22.3 Å². The molecule has 0 bridgehead atoms. The zero-order valence-electron chi connectivity index (χ0n) is 13.9. The first-order valence-electron chi connectivity index (χ1n) is 8.91. The molecule has 0 amide bonds. The van der Waals surface area contributed by atoms with E-state index in [1.54, 1.807) is 0 Å². The monoisotopic (exact) mass is 550 g/mol. The lowest BCUT2D eigenvalue weighted by Crippen LogP contribution is -2.49. The molecule has 130 valence electrons. The predicted octanol–water partition coefficient (Wildman–Crippen LogP) is 5.53. The van der Waals surface area contributed by atoms with Gasteiger partial charge in [0.15, 0.2) is 0 Å². The second-order valence-electron chi connectivity index (χ2n) is 8.13. The number of aromatic hydroxyl groups is 1. The molecule has 3 aliphatic rings. The van der Waals surface area contributed by atoms with Crippen molar-refractivity contribution >= 4 is 45.2 Å². The molecule has 2 N–H and O–H groups in total. The van der Waals surface area contributed by atoms with Gasteiger partial charge in [0.2, 0.25) is 0 Å². The van der Waals surface area contributed by atoms with E-state index in [9.17, 15) is 10.2 Å². The van der Waals surface area contributed by atoms with Crippen molar-refractivity contribution in [3.8, 4) is 5.75 Å². The normalized spacial score (nSPS) is 41.1. The van der Waals surface area contributed by atoms with E-state index in [1.165, 1.54) is 17.5 Å². The molecule has 0 heterocycles. The lowest BCUT2D eigenvalue weighted by atomic mass is 9.53. The molecular formula is C20H24I2O2. The SMILES string of the molecule is C[C@]12CC[C@@H]3c4cc(I)c(O)cc4CC[C@H]3[C@@H]1CC[C@]2(O)/C=C/I. The molecule has 24 heavy (non-hydrogen) atoms. The molecular weight excluding hydrogens is 526 g/mol. The summed E-state index contributed by atoms with van der Waals surface area (Å²) in [7, 11) is 0. The van der Waals surface area contributed by atoms with Crippen molar-refractivity contribution in [3.63, 3.8) is 0 Å². The highest BCUT2D eigenvalue weighted by Gasteiger charge is 2.60. The molecule has 3 aliphatic carbocycles. The van der Waals surface area contributed by atoms with Crippen LogP contribution in [0, 0.1) is 20.8 Å². The number of halogens is 2. The van der Waals surface area contributed by atoms with Crippen molar-refractivity contribution in [2.24, 2.45) is 17.3 Å². The molecule has 2 fully saturated rings. The summed E-state index contributed by atoms with van der Waals surface area (Å²) in [6, 6.07) is 4.21. The summed E-state index contributed by atoms with van der Waals surface area (Å²) >= 11 is 4.48. The van der Waals surface area contributed by atoms with Gasteiger partial charge in [0, 0.05) is 5.41 Å². The highest BCUT2D eigenvalue weighted by atomic mass is 127. The third kappa shape index (κ3) is 2.42. The first-order chi connectivity index (χ1) is 11.4. The van der Waals surface area contributed by atoms with Gasteiger partial charge in [-0.3, -0.25) is 0 Å². The van der Waals surface area contributed by atoms with Crippen molar-refractivity contribution < 1.29 is 10.2 Å². The van der Waals surface area contributed by atoms with Crippen molar-refractivity contribution in [3.05, 3.63) is 37.0 Å². The number of hydrogen-bond donors (Lipinski definition) is 2. The lowest BCUT2D eigenvalue weighted by molar-refractivity contribution is -0.0708. The summed E-state index contributed by atoms with van der Waals surface area (Å²) in [6.45, 7) is 2.33. The fraction of sp³-hybridized carbons (Fsp3) is 0.600. The third-order valence-corrected chi connectivity index (χ3v) is 8.57. The Bertz CT molecular complexity index is 701. The van der Waals surface area contributed by atoms with Gasteiger partial charge in [-0.2, -0.15) is 0 Å². The van der Waals surface area contributed by atoms with E-state index >= 15 is 0 Å². The van der Waals surface area contributed by atoms with Crippen LogP contribution in [0.3, 0.4) is 0 Å². The van der Waals surface area contributed by atoms with Crippen LogP contribution in [0.25, 0.3) is 0 Å². The van der Waals surface area contributed by atoms with E-state index in [-0.39, 0.29) is 5.41 Å². The van der Waals surface area contributed by atoms with Gasteiger partial charge in [0.25, 0.3) is 0 Å². The van der Waals surface area contributed by atoms with E-state index < -0.39 is 5.60 Å². The van der Waals surface area contributed by atoms with Gasteiger partial charge >= 0.3 is 0 Å². The summed E-state index contributed by atoms with van der Waals surface area (Å²) in [5, 5.41) is 21.3. The number of hydrogen-bond acceptors (Lipinski definition) is 2. The topological polar surface area (TPSA) is 40.5 Å². The predicted molar refractivity (Wildman–Crippen MR) is 114 cm³/mol. The lowest BCUT2D eigenvalue weighted by Gasteiger charge is -2.52. The molecule has 2 nitrogen and oxygen atoms in total. The maximum atomic E-state index is 11.3. The number of benzene rings is 1. The standard InChI is InChI=1S/C20H24I2O2/c1-19-6-4-13-14(16(19)5-7-20(19,24)8-9-21)3-2-12-10-18(23)17(22)11-15(12)13/h8-11,13-14,16,23-24H,2-7H2,1H3/b9-8+/t13-,14+,16-,19-,20-/m0/s1. The molecule has 0 aliphatic heterocycles. The Morgan fingerprint density at radius 1 is 1.21 bits per heavy atom. The number of fused-ring (bicyclic) bond motifs is 5. The van der Waals surface area contributed by atoms with Crippen molar-refractivity contribution in [1.82, 2.24) is 0 Å². The van der Waals surface area contributed by atoms with Gasteiger partial charge in [0.1, 0.15) is 5.75 Å². The van der Waals surface area contributed by atoms with Crippen molar-refractivity contribution in [1.29, 1.82) is 0 Å². The number of phenolic OH excluding ortho intramolecular Hbond substituents is 1. The van der Waals surface area contributed by atoms with Gasteiger partial charge < -0.3 is 10.2 Å². The Balaban J connectivity index is 1.72. The van der Waals surface area contributed by atoms with Gasteiger partial charge in [-0.1, -0.05) is 29.5 Å². The Kier molecular flexibility index (Phi) is 4.48.